The SMILES string of the molecule is CCOC(=O)c1c(C)c(S(=O)(=O)F)c(C)n1C. The van der Waals surface area contributed by atoms with Gasteiger partial charge in [-0.2, -0.15) is 8.42 Å². The Morgan fingerprint density at radius 2 is 1.94 bits per heavy atom. The molecular weight excluding hydrogens is 249 g/mol. The summed E-state index contributed by atoms with van der Waals surface area (Å²) in [6.07, 6.45) is 0. The van der Waals surface area contributed by atoms with Gasteiger partial charge in [0.2, 0.25) is 0 Å². The highest BCUT2D eigenvalue weighted by Crippen LogP contribution is 2.27. The topological polar surface area (TPSA) is 65.4 Å². The number of carbonyl (C=O) groups is 1. The number of aromatic nitrogens is 1. The minimum absolute atomic E-state index is 0.0561. The van der Waals surface area contributed by atoms with Crippen LogP contribution in [0.25, 0.3) is 0 Å². The van der Waals surface area contributed by atoms with Crippen molar-refractivity contribution in [2.75, 3.05) is 6.61 Å². The van der Waals surface area contributed by atoms with Crippen molar-refractivity contribution >= 4 is 16.2 Å². The standard InChI is InChI=1S/C10H14FNO4S/c1-5-16-10(13)8-6(2)9(17(11,14)15)7(3)12(8)4/h5H2,1-4H3. The summed E-state index contributed by atoms with van der Waals surface area (Å²) in [7, 11) is -3.35. The highest BCUT2D eigenvalue weighted by atomic mass is 32.3. The fourth-order valence-electron chi connectivity index (χ4n) is 1.80. The third-order valence-electron chi connectivity index (χ3n) is 2.58. The van der Waals surface area contributed by atoms with Crippen molar-refractivity contribution in [3.8, 4) is 0 Å². The van der Waals surface area contributed by atoms with Crippen molar-refractivity contribution in [2.45, 2.75) is 25.7 Å². The molecule has 0 fully saturated rings. The number of carbonyl (C=O) groups excluding carboxylic acids is 1. The quantitative estimate of drug-likeness (QED) is 0.612. The van der Waals surface area contributed by atoms with E-state index in [2.05, 4.69) is 0 Å². The van der Waals surface area contributed by atoms with Gasteiger partial charge in [-0.05, 0) is 20.8 Å². The summed E-state index contributed by atoms with van der Waals surface area (Å²) in [5.41, 5.74) is 0.305. The normalized spacial score (nSPS) is 11.6. The predicted molar refractivity (Wildman–Crippen MR) is 59.1 cm³/mol. The fourth-order valence-corrected chi connectivity index (χ4v) is 2.75. The molecule has 0 unspecified atom stereocenters. The van der Waals surface area contributed by atoms with E-state index in [4.69, 9.17) is 4.74 Å². The van der Waals surface area contributed by atoms with Gasteiger partial charge in [-0.25, -0.2) is 4.79 Å². The molecule has 0 radical (unpaired) electrons. The molecule has 1 aromatic heterocycles. The molecule has 0 atom stereocenters. The summed E-state index contributed by atoms with van der Waals surface area (Å²) < 4.78 is 41.2. The van der Waals surface area contributed by atoms with Crippen LogP contribution in [0.5, 0.6) is 0 Å². The van der Waals surface area contributed by atoms with E-state index in [0.29, 0.717) is 0 Å². The van der Waals surface area contributed by atoms with Crippen molar-refractivity contribution < 1.29 is 21.8 Å². The molecule has 1 rings (SSSR count). The minimum atomic E-state index is -4.84. The zero-order valence-corrected chi connectivity index (χ0v) is 10.9. The lowest BCUT2D eigenvalue weighted by atomic mass is 10.2. The fraction of sp³-hybridized carbons (Fsp3) is 0.500. The van der Waals surface area contributed by atoms with Crippen LogP contribution in [-0.4, -0.2) is 25.6 Å². The second kappa shape index (κ2) is 4.48. The van der Waals surface area contributed by atoms with E-state index in [0.717, 1.165) is 0 Å². The van der Waals surface area contributed by atoms with Gasteiger partial charge < -0.3 is 9.30 Å². The second-order valence-corrected chi connectivity index (χ2v) is 4.89. The first-order valence-corrected chi connectivity index (χ1v) is 6.37. The highest BCUT2D eigenvalue weighted by molar-refractivity contribution is 7.86. The van der Waals surface area contributed by atoms with Gasteiger partial charge in [-0.3, -0.25) is 0 Å². The van der Waals surface area contributed by atoms with Crippen LogP contribution in [-0.2, 0) is 22.0 Å². The number of hydrogen-bond acceptors (Lipinski definition) is 4. The Hall–Kier alpha value is -1.37. The molecule has 0 saturated carbocycles. The van der Waals surface area contributed by atoms with Gasteiger partial charge in [0.05, 0.1) is 6.61 Å². The first kappa shape index (κ1) is 13.7. The lowest BCUT2D eigenvalue weighted by molar-refractivity contribution is 0.0514. The van der Waals surface area contributed by atoms with Crippen LogP contribution in [0.1, 0.15) is 28.7 Å². The van der Waals surface area contributed by atoms with Gasteiger partial charge in [0.25, 0.3) is 0 Å². The molecule has 7 heteroatoms. The Morgan fingerprint density at radius 3 is 2.29 bits per heavy atom. The third kappa shape index (κ3) is 2.33. The van der Waals surface area contributed by atoms with Gasteiger partial charge >= 0.3 is 16.2 Å². The molecule has 96 valence electrons. The lowest BCUT2D eigenvalue weighted by Gasteiger charge is -2.04. The summed E-state index contributed by atoms with van der Waals surface area (Å²) >= 11 is 0. The van der Waals surface area contributed by atoms with E-state index >= 15 is 0 Å². The third-order valence-corrected chi connectivity index (χ3v) is 3.66. The molecule has 17 heavy (non-hydrogen) atoms. The zero-order chi connectivity index (χ0) is 13.4. The Balaban J connectivity index is 3.52. The van der Waals surface area contributed by atoms with Crippen molar-refractivity contribution in [3.63, 3.8) is 0 Å². The van der Waals surface area contributed by atoms with Gasteiger partial charge in [-0.1, -0.05) is 0 Å². The first-order valence-electron chi connectivity index (χ1n) is 4.99. The number of nitrogens with zero attached hydrogens (tertiary/aromatic N) is 1. The van der Waals surface area contributed by atoms with Crippen LogP contribution >= 0.6 is 0 Å². The van der Waals surface area contributed by atoms with E-state index in [1.807, 2.05) is 0 Å². The van der Waals surface area contributed by atoms with E-state index in [1.165, 1.54) is 25.5 Å². The van der Waals surface area contributed by atoms with Crippen molar-refractivity contribution in [3.05, 3.63) is 17.0 Å². The van der Waals surface area contributed by atoms with Crippen LogP contribution in [0.15, 0.2) is 4.90 Å². The van der Waals surface area contributed by atoms with Gasteiger partial charge in [0, 0.05) is 18.3 Å². The molecule has 0 aliphatic rings. The average Bonchev–Trinajstić information content (AvgIpc) is 2.37. The maximum Gasteiger partial charge on any atom is 0.355 e. The van der Waals surface area contributed by atoms with Crippen LogP contribution in [0.2, 0.25) is 0 Å². The zero-order valence-electron chi connectivity index (χ0n) is 10.1. The Morgan fingerprint density at radius 1 is 1.41 bits per heavy atom. The largest absolute Gasteiger partial charge is 0.461 e. The molecule has 1 aromatic rings. The minimum Gasteiger partial charge on any atom is -0.461 e. The van der Waals surface area contributed by atoms with Crippen molar-refractivity contribution in [2.24, 2.45) is 7.05 Å². The van der Waals surface area contributed by atoms with Crippen LogP contribution < -0.4 is 0 Å². The number of hydrogen-bond donors (Lipinski definition) is 0. The van der Waals surface area contributed by atoms with Gasteiger partial charge in [0.15, 0.2) is 0 Å². The Labute approximate surface area is 99.4 Å². The van der Waals surface area contributed by atoms with Crippen molar-refractivity contribution in [1.29, 1.82) is 0 Å². The molecule has 0 saturated heterocycles. The first-order chi connectivity index (χ1) is 7.71. The number of halogens is 1. The van der Waals surface area contributed by atoms with E-state index < -0.39 is 21.1 Å². The molecule has 5 nitrogen and oxygen atoms in total. The molecule has 0 N–H and O–H groups in total. The summed E-state index contributed by atoms with van der Waals surface area (Å²) in [5, 5.41) is 0. The summed E-state index contributed by atoms with van der Waals surface area (Å²) in [5.74, 6) is -0.662. The average molecular weight is 263 g/mol. The number of ether oxygens (including phenoxy) is 1. The molecule has 0 amide bonds. The lowest BCUT2D eigenvalue weighted by Crippen LogP contribution is -2.11. The summed E-state index contributed by atoms with van der Waals surface area (Å²) in [6.45, 7) is 4.62. The van der Waals surface area contributed by atoms with Crippen molar-refractivity contribution in [1.82, 2.24) is 4.57 Å². The van der Waals surface area contributed by atoms with E-state index in [-0.39, 0.29) is 23.6 Å². The molecule has 0 aromatic carbocycles. The smallest absolute Gasteiger partial charge is 0.355 e. The molecule has 0 spiro atoms. The van der Waals surface area contributed by atoms with E-state index in [1.54, 1.807) is 6.92 Å². The van der Waals surface area contributed by atoms with Gasteiger partial charge in [0.1, 0.15) is 10.6 Å². The van der Waals surface area contributed by atoms with Crippen LogP contribution in [0, 0.1) is 13.8 Å². The molecule has 0 bridgehead atoms. The van der Waals surface area contributed by atoms with Crippen LogP contribution in [0.4, 0.5) is 3.89 Å². The maximum absolute atomic E-state index is 13.1. The van der Waals surface area contributed by atoms with E-state index in [9.17, 15) is 17.1 Å². The highest BCUT2D eigenvalue weighted by Gasteiger charge is 2.29. The molecule has 0 aliphatic carbocycles. The second-order valence-electron chi connectivity index (χ2n) is 3.61. The Kier molecular flexibility index (Phi) is 3.61. The summed E-state index contributed by atoms with van der Waals surface area (Å²) in [6, 6.07) is 0. The predicted octanol–water partition coefficient (Wildman–Crippen LogP) is 1.48. The molecular formula is C10H14FNO4S. The van der Waals surface area contributed by atoms with Gasteiger partial charge in [-0.15, -0.1) is 3.89 Å². The maximum atomic E-state index is 13.1. The summed E-state index contributed by atoms with van der Waals surface area (Å²) in [4.78, 5) is 11.2. The number of rotatable bonds is 3. The number of esters is 1. The Bertz CT molecular complexity index is 559. The molecule has 0 aliphatic heterocycles. The monoisotopic (exact) mass is 263 g/mol. The molecule has 1 heterocycles. The van der Waals surface area contributed by atoms with Crippen LogP contribution in [0.3, 0.4) is 0 Å².